The summed E-state index contributed by atoms with van der Waals surface area (Å²) in [6.45, 7) is 3.63. The van der Waals surface area contributed by atoms with E-state index in [-0.39, 0.29) is 6.04 Å². The van der Waals surface area contributed by atoms with Gasteiger partial charge in [0.1, 0.15) is 5.75 Å². The Bertz CT molecular complexity index is 720. The summed E-state index contributed by atoms with van der Waals surface area (Å²) < 4.78 is 5.87. The molecule has 1 unspecified atom stereocenters. The number of hydrogen-bond donors (Lipinski definition) is 1. The van der Waals surface area contributed by atoms with Gasteiger partial charge in [-0.25, -0.2) is 0 Å². The van der Waals surface area contributed by atoms with E-state index >= 15 is 0 Å². The van der Waals surface area contributed by atoms with Gasteiger partial charge in [-0.1, -0.05) is 54.6 Å². The van der Waals surface area contributed by atoms with E-state index in [4.69, 9.17) is 4.74 Å². The monoisotopic (exact) mass is 332 g/mol. The third kappa shape index (κ3) is 4.91. The maximum atomic E-state index is 5.87. The fraction of sp³-hybridized carbons (Fsp3) is 0.227. The van der Waals surface area contributed by atoms with Gasteiger partial charge in [-0.15, -0.1) is 0 Å². The molecule has 3 nitrogen and oxygen atoms in total. The molecule has 0 amide bonds. The lowest BCUT2D eigenvalue weighted by molar-refractivity contribution is 0.304. The van der Waals surface area contributed by atoms with E-state index in [9.17, 15) is 0 Å². The third-order valence-corrected chi connectivity index (χ3v) is 4.14. The number of para-hydroxylation sites is 1. The van der Waals surface area contributed by atoms with Gasteiger partial charge in [0, 0.05) is 6.20 Å². The van der Waals surface area contributed by atoms with Crippen molar-refractivity contribution in [2.24, 2.45) is 0 Å². The van der Waals surface area contributed by atoms with E-state index in [0.29, 0.717) is 6.61 Å². The minimum Gasteiger partial charge on any atom is -0.493 e. The quantitative estimate of drug-likeness (QED) is 0.615. The summed E-state index contributed by atoms with van der Waals surface area (Å²) >= 11 is 0. The molecule has 0 saturated carbocycles. The maximum Gasteiger partial charge on any atom is 0.122 e. The Morgan fingerprint density at radius 2 is 1.68 bits per heavy atom. The summed E-state index contributed by atoms with van der Waals surface area (Å²) in [6.07, 6.45) is 2.78. The van der Waals surface area contributed by atoms with Gasteiger partial charge < -0.3 is 10.1 Å². The lowest BCUT2D eigenvalue weighted by Gasteiger charge is -2.19. The van der Waals surface area contributed by atoms with Crippen LogP contribution < -0.4 is 10.1 Å². The summed E-state index contributed by atoms with van der Waals surface area (Å²) in [4.78, 5) is 4.52. The number of rotatable bonds is 8. The molecule has 1 N–H and O–H groups in total. The van der Waals surface area contributed by atoms with Gasteiger partial charge in [0.15, 0.2) is 0 Å². The molecule has 3 aromatic rings. The normalized spacial score (nSPS) is 11.9. The van der Waals surface area contributed by atoms with Crippen LogP contribution in [0.3, 0.4) is 0 Å². The SMILES string of the molecule is Cc1ccccc1OCCCNC(c1ccccc1)c1ccccn1. The van der Waals surface area contributed by atoms with Crippen molar-refractivity contribution in [2.75, 3.05) is 13.2 Å². The molecule has 2 aromatic carbocycles. The van der Waals surface area contributed by atoms with Crippen LogP contribution in [0, 0.1) is 6.92 Å². The fourth-order valence-electron chi connectivity index (χ4n) is 2.80. The van der Waals surface area contributed by atoms with Crippen molar-refractivity contribution in [1.29, 1.82) is 0 Å². The number of pyridine rings is 1. The van der Waals surface area contributed by atoms with Crippen LogP contribution in [0.1, 0.15) is 29.3 Å². The highest BCUT2D eigenvalue weighted by molar-refractivity contribution is 5.31. The smallest absolute Gasteiger partial charge is 0.122 e. The lowest BCUT2D eigenvalue weighted by Crippen LogP contribution is -2.25. The van der Waals surface area contributed by atoms with Crippen LogP contribution in [0.4, 0.5) is 0 Å². The second-order valence-electron chi connectivity index (χ2n) is 6.02. The van der Waals surface area contributed by atoms with E-state index in [1.807, 2.05) is 42.6 Å². The van der Waals surface area contributed by atoms with Crippen LogP contribution in [0.5, 0.6) is 5.75 Å². The molecule has 0 fully saturated rings. The molecule has 128 valence electrons. The highest BCUT2D eigenvalue weighted by Crippen LogP contribution is 2.20. The van der Waals surface area contributed by atoms with Gasteiger partial charge >= 0.3 is 0 Å². The van der Waals surface area contributed by atoms with E-state index in [2.05, 4.69) is 53.6 Å². The van der Waals surface area contributed by atoms with Crippen molar-refractivity contribution in [3.05, 3.63) is 95.8 Å². The fourth-order valence-corrected chi connectivity index (χ4v) is 2.80. The Hall–Kier alpha value is -2.65. The van der Waals surface area contributed by atoms with Gasteiger partial charge in [-0.05, 0) is 49.2 Å². The molecule has 1 atom stereocenters. The van der Waals surface area contributed by atoms with Crippen molar-refractivity contribution in [3.63, 3.8) is 0 Å². The van der Waals surface area contributed by atoms with Crippen LogP contribution in [0.25, 0.3) is 0 Å². The number of aromatic nitrogens is 1. The van der Waals surface area contributed by atoms with Gasteiger partial charge in [0.2, 0.25) is 0 Å². The predicted molar refractivity (Wildman–Crippen MR) is 102 cm³/mol. The number of nitrogens with zero attached hydrogens (tertiary/aromatic N) is 1. The second-order valence-corrected chi connectivity index (χ2v) is 6.02. The molecule has 0 aliphatic rings. The first-order chi connectivity index (χ1) is 12.3. The molecule has 0 saturated heterocycles. The average Bonchev–Trinajstić information content (AvgIpc) is 2.67. The van der Waals surface area contributed by atoms with Crippen molar-refractivity contribution in [1.82, 2.24) is 10.3 Å². The van der Waals surface area contributed by atoms with E-state index in [1.54, 1.807) is 0 Å². The van der Waals surface area contributed by atoms with Crippen molar-refractivity contribution in [3.8, 4) is 5.75 Å². The summed E-state index contributed by atoms with van der Waals surface area (Å²) in [5.74, 6) is 0.965. The molecule has 3 heteroatoms. The summed E-state index contributed by atoms with van der Waals surface area (Å²) in [5, 5.41) is 3.61. The number of nitrogens with one attached hydrogen (secondary N) is 1. The van der Waals surface area contributed by atoms with Gasteiger partial charge in [-0.2, -0.15) is 0 Å². The molecule has 1 aromatic heterocycles. The molecule has 0 radical (unpaired) electrons. The van der Waals surface area contributed by atoms with Crippen LogP contribution in [-0.2, 0) is 0 Å². The van der Waals surface area contributed by atoms with Crippen LogP contribution in [0.2, 0.25) is 0 Å². The average molecular weight is 332 g/mol. The van der Waals surface area contributed by atoms with Crippen molar-refractivity contribution >= 4 is 0 Å². The second kappa shape index (κ2) is 9.00. The highest BCUT2D eigenvalue weighted by Gasteiger charge is 2.13. The zero-order valence-electron chi connectivity index (χ0n) is 14.6. The third-order valence-electron chi connectivity index (χ3n) is 4.14. The summed E-state index contributed by atoms with van der Waals surface area (Å²) in [6, 6.07) is 24.7. The Kier molecular flexibility index (Phi) is 6.18. The molecule has 0 bridgehead atoms. The summed E-state index contributed by atoms with van der Waals surface area (Å²) in [7, 11) is 0. The molecular weight excluding hydrogens is 308 g/mol. The summed E-state index contributed by atoms with van der Waals surface area (Å²) in [5.41, 5.74) is 3.43. The number of ether oxygens (including phenoxy) is 1. The first kappa shape index (κ1) is 17.2. The standard InChI is InChI=1S/C22H24N2O/c1-18-10-5-6-14-21(18)25-17-9-16-24-22(19-11-3-2-4-12-19)20-13-7-8-15-23-20/h2-8,10-15,22,24H,9,16-17H2,1H3. The maximum absolute atomic E-state index is 5.87. The minimum absolute atomic E-state index is 0.0980. The highest BCUT2D eigenvalue weighted by atomic mass is 16.5. The Balaban J connectivity index is 1.56. The van der Waals surface area contributed by atoms with E-state index in [1.165, 1.54) is 11.1 Å². The van der Waals surface area contributed by atoms with Gasteiger partial charge in [0.25, 0.3) is 0 Å². The van der Waals surface area contributed by atoms with Crippen LogP contribution in [-0.4, -0.2) is 18.1 Å². The first-order valence-electron chi connectivity index (χ1n) is 8.72. The lowest BCUT2D eigenvalue weighted by atomic mass is 10.0. The minimum atomic E-state index is 0.0980. The Morgan fingerprint density at radius 3 is 2.44 bits per heavy atom. The molecule has 0 aliphatic carbocycles. The first-order valence-corrected chi connectivity index (χ1v) is 8.72. The molecule has 1 heterocycles. The molecule has 0 aliphatic heterocycles. The van der Waals surface area contributed by atoms with Gasteiger partial charge in [-0.3, -0.25) is 4.98 Å². The largest absolute Gasteiger partial charge is 0.493 e. The van der Waals surface area contributed by atoms with Crippen molar-refractivity contribution < 1.29 is 4.74 Å². The molecule has 3 rings (SSSR count). The Morgan fingerprint density at radius 1 is 0.920 bits per heavy atom. The molecule has 0 spiro atoms. The number of benzene rings is 2. The van der Waals surface area contributed by atoms with E-state index in [0.717, 1.165) is 24.4 Å². The molecular formula is C22H24N2O. The predicted octanol–water partition coefficient (Wildman–Crippen LogP) is 4.54. The zero-order chi connectivity index (χ0) is 17.3. The van der Waals surface area contributed by atoms with Crippen molar-refractivity contribution in [2.45, 2.75) is 19.4 Å². The zero-order valence-corrected chi connectivity index (χ0v) is 14.6. The Labute approximate surface area is 149 Å². The topological polar surface area (TPSA) is 34.1 Å². The number of hydrogen-bond acceptors (Lipinski definition) is 3. The van der Waals surface area contributed by atoms with E-state index < -0.39 is 0 Å². The van der Waals surface area contributed by atoms with Crippen LogP contribution >= 0.6 is 0 Å². The number of aryl methyl sites for hydroxylation is 1. The molecule has 25 heavy (non-hydrogen) atoms. The van der Waals surface area contributed by atoms with Gasteiger partial charge in [0.05, 0.1) is 18.3 Å². The van der Waals surface area contributed by atoms with Crippen LogP contribution in [0.15, 0.2) is 79.0 Å².